The summed E-state index contributed by atoms with van der Waals surface area (Å²) in [4.78, 5) is 31.0. The van der Waals surface area contributed by atoms with Crippen LogP contribution in [-0.2, 0) is 22.5 Å². The first-order chi connectivity index (χ1) is 17.9. The molecule has 198 valence electrons. The summed E-state index contributed by atoms with van der Waals surface area (Å²) in [5.74, 6) is 1.17. The van der Waals surface area contributed by atoms with E-state index in [0.717, 1.165) is 16.0 Å². The number of rotatable bonds is 13. The first-order valence-electron chi connectivity index (χ1n) is 12.1. The maximum absolute atomic E-state index is 13.5. The summed E-state index contributed by atoms with van der Waals surface area (Å²) in [5, 5.41) is 4.92. The standard InChI is InChI=1S/C28H35N3O5S/c1-21-8-5-6-10-24(21)29-28(33)31(15-16-34-2)20-27(32)30(19-23-9-7-17-37-23)14-13-22-11-12-25(35-3)26(18-22)36-4/h5-12,17-18H,13-16,19-20H2,1-4H3,(H,29,33). The van der Waals surface area contributed by atoms with Crippen LogP contribution in [0.4, 0.5) is 10.5 Å². The summed E-state index contributed by atoms with van der Waals surface area (Å²) in [6.45, 7) is 3.45. The Morgan fingerprint density at radius 1 is 0.919 bits per heavy atom. The molecule has 0 fully saturated rings. The summed E-state index contributed by atoms with van der Waals surface area (Å²) in [6, 6.07) is 16.9. The number of benzene rings is 2. The highest BCUT2D eigenvalue weighted by Crippen LogP contribution is 2.28. The predicted octanol–water partition coefficient (Wildman–Crippen LogP) is 4.83. The second-order valence-electron chi connectivity index (χ2n) is 8.49. The highest BCUT2D eigenvalue weighted by atomic mass is 32.1. The molecule has 0 radical (unpaired) electrons. The van der Waals surface area contributed by atoms with E-state index in [4.69, 9.17) is 14.2 Å². The van der Waals surface area contributed by atoms with E-state index < -0.39 is 0 Å². The smallest absolute Gasteiger partial charge is 0.322 e. The van der Waals surface area contributed by atoms with Gasteiger partial charge in [-0.05, 0) is 54.1 Å². The number of carbonyl (C=O) groups is 2. The van der Waals surface area contributed by atoms with Gasteiger partial charge in [0.25, 0.3) is 0 Å². The zero-order valence-corrected chi connectivity index (χ0v) is 22.7. The molecule has 3 amide bonds. The number of urea groups is 1. The largest absolute Gasteiger partial charge is 0.493 e. The van der Waals surface area contributed by atoms with E-state index in [2.05, 4.69) is 5.32 Å². The molecule has 8 nitrogen and oxygen atoms in total. The predicted molar refractivity (Wildman–Crippen MR) is 147 cm³/mol. The molecule has 1 aromatic heterocycles. The Balaban J connectivity index is 1.74. The Bertz CT molecular complexity index is 1150. The fraction of sp³-hybridized carbons (Fsp3) is 0.357. The first kappa shape index (κ1) is 28.0. The van der Waals surface area contributed by atoms with Crippen LogP contribution in [-0.4, -0.2) is 69.3 Å². The Kier molecular flexibility index (Phi) is 10.8. The second-order valence-corrected chi connectivity index (χ2v) is 9.53. The monoisotopic (exact) mass is 525 g/mol. The zero-order chi connectivity index (χ0) is 26.6. The quantitative estimate of drug-likeness (QED) is 0.346. The average molecular weight is 526 g/mol. The molecule has 1 heterocycles. The van der Waals surface area contributed by atoms with E-state index in [-0.39, 0.29) is 18.5 Å². The number of methoxy groups -OCH3 is 3. The number of thiophene rings is 1. The van der Waals surface area contributed by atoms with Crippen LogP contribution in [0.2, 0.25) is 0 Å². The summed E-state index contributed by atoms with van der Waals surface area (Å²) in [7, 11) is 4.78. The van der Waals surface area contributed by atoms with Gasteiger partial charge in [0.05, 0.1) is 27.4 Å². The Morgan fingerprint density at radius 2 is 1.70 bits per heavy atom. The fourth-order valence-corrected chi connectivity index (χ4v) is 4.53. The van der Waals surface area contributed by atoms with E-state index >= 15 is 0 Å². The lowest BCUT2D eigenvalue weighted by atomic mass is 10.1. The van der Waals surface area contributed by atoms with Crippen molar-refractivity contribution in [2.45, 2.75) is 19.9 Å². The molecule has 0 unspecified atom stereocenters. The Hall–Kier alpha value is -3.56. The van der Waals surface area contributed by atoms with Crippen molar-refractivity contribution in [2.24, 2.45) is 0 Å². The van der Waals surface area contributed by atoms with Gasteiger partial charge >= 0.3 is 6.03 Å². The van der Waals surface area contributed by atoms with Crippen molar-refractivity contribution in [2.75, 3.05) is 52.9 Å². The highest BCUT2D eigenvalue weighted by Gasteiger charge is 2.22. The molecule has 0 bridgehead atoms. The highest BCUT2D eigenvalue weighted by molar-refractivity contribution is 7.09. The lowest BCUT2D eigenvalue weighted by Crippen LogP contribution is -2.46. The van der Waals surface area contributed by atoms with E-state index in [9.17, 15) is 9.59 Å². The van der Waals surface area contributed by atoms with Crippen molar-refractivity contribution >= 4 is 29.0 Å². The molecule has 3 aromatic rings. The van der Waals surface area contributed by atoms with Gasteiger partial charge in [-0.25, -0.2) is 4.79 Å². The molecule has 0 aliphatic carbocycles. The Labute approximate surface area is 222 Å². The van der Waals surface area contributed by atoms with Crippen LogP contribution in [0.3, 0.4) is 0 Å². The second kappa shape index (κ2) is 14.2. The first-order valence-corrected chi connectivity index (χ1v) is 12.9. The average Bonchev–Trinajstić information content (AvgIpc) is 3.43. The summed E-state index contributed by atoms with van der Waals surface area (Å²) in [5.41, 5.74) is 2.68. The van der Waals surface area contributed by atoms with Gasteiger partial charge in [-0.3, -0.25) is 4.79 Å². The van der Waals surface area contributed by atoms with Crippen molar-refractivity contribution in [1.82, 2.24) is 9.80 Å². The lowest BCUT2D eigenvalue weighted by molar-refractivity contribution is -0.132. The van der Waals surface area contributed by atoms with Gasteiger partial charge in [0, 0.05) is 30.8 Å². The minimum absolute atomic E-state index is 0.0572. The lowest BCUT2D eigenvalue weighted by Gasteiger charge is -2.28. The van der Waals surface area contributed by atoms with Crippen molar-refractivity contribution < 1.29 is 23.8 Å². The molecule has 0 saturated carbocycles. The van der Waals surface area contributed by atoms with Crippen LogP contribution < -0.4 is 14.8 Å². The summed E-state index contributed by atoms with van der Waals surface area (Å²) >= 11 is 1.60. The van der Waals surface area contributed by atoms with Gasteiger partial charge < -0.3 is 29.3 Å². The minimum atomic E-state index is -0.337. The molecule has 37 heavy (non-hydrogen) atoms. The molecule has 9 heteroatoms. The van der Waals surface area contributed by atoms with E-state index in [1.165, 1.54) is 4.90 Å². The van der Waals surface area contributed by atoms with Crippen LogP contribution >= 0.6 is 11.3 Å². The number of amides is 3. The number of hydrogen-bond donors (Lipinski definition) is 1. The molecular formula is C28H35N3O5S. The van der Waals surface area contributed by atoms with Gasteiger partial charge in [0.15, 0.2) is 11.5 Å². The number of anilines is 1. The maximum atomic E-state index is 13.5. The third-order valence-corrected chi connectivity index (χ3v) is 6.82. The summed E-state index contributed by atoms with van der Waals surface area (Å²) < 4.78 is 16.0. The van der Waals surface area contributed by atoms with Crippen LogP contribution in [0.1, 0.15) is 16.0 Å². The summed E-state index contributed by atoms with van der Waals surface area (Å²) in [6.07, 6.45) is 0.630. The van der Waals surface area contributed by atoms with E-state index in [1.54, 1.807) is 37.6 Å². The third kappa shape index (κ3) is 8.23. The van der Waals surface area contributed by atoms with Crippen LogP contribution in [0.25, 0.3) is 0 Å². The SMILES string of the molecule is COCCN(CC(=O)N(CCc1ccc(OC)c(OC)c1)Cc1cccs1)C(=O)Nc1ccccc1C. The molecule has 3 rings (SSSR count). The van der Waals surface area contributed by atoms with Crippen LogP contribution in [0.5, 0.6) is 11.5 Å². The Morgan fingerprint density at radius 3 is 2.38 bits per heavy atom. The molecule has 0 spiro atoms. The van der Waals surface area contributed by atoms with Crippen LogP contribution in [0, 0.1) is 6.92 Å². The molecule has 0 aliphatic heterocycles. The van der Waals surface area contributed by atoms with E-state index in [1.807, 2.05) is 66.9 Å². The van der Waals surface area contributed by atoms with Crippen molar-refractivity contribution in [3.05, 3.63) is 76.0 Å². The van der Waals surface area contributed by atoms with Crippen LogP contribution in [0.15, 0.2) is 60.0 Å². The number of ether oxygens (including phenoxy) is 3. The van der Waals surface area contributed by atoms with Crippen molar-refractivity contribution in [3.8, 4) is 11.5 Å². The number of nitrogens with zero attached hydrogens (tertiary/aromatic N) is 2. The van der Waals surface area contributed by atoms with Crippen molar-refractivity contribution in [1.29, 1.82) is 0 Å². The molecular weight excluding hydrogens is 490 g/mol. The topological polar surface area (TPSA) is 80.3 Å². The number of carbonyl (C=O) groups excluding carboxylic acids is 2. The maximum Gasteiger partial charge on any atom is 0.322 e. The van der Waals surface area contributed by atoms with E-state index in [0.29, 0.717) is 49.8 Å². The molecule has 0 aliphatic rings. The number of hydrogen-bond acceptors (Lipinski definition) is 6. The zero-order valence-electron chi connectivity index (χ0n) is 21.9. The number of para-hydroxylation sites is 1. The molecule has 2 aromatic carbocycles. The molecule has 0 atom stereocenters. The molecule has 1 N–H and O–H groups in total. The van der Waals surface area contributed by atoms with Gasteiger partial charge in [0.1, 0.15) is 6.54 Å². The normalized spacial score (nSPS) is 10.6. The molecule has 0 saturated heterocycles. The van der Waals surface area contributed by atoms with Gasteiger partial charge in [-0.15, -0.1) is 11.3 Å². The van der Waals surface area contributed by atoms with Gasteiger partial charge in [-0.2, -0.15) is 0 Å². The third-order valence-electron chi connectivity index (χ3n) is 5.96. The van der Waals surface area contributed by atoms with Crippen molar-refractivity contribution in [3.63, 3.8) is 0 Å². The van der Waals surface area contributed by atoms with Gasteiger partial charge in [-0.1, -0.05) is 30.3 Å². The fourth-order valence-electron chi connectivity index (χ4n) is 3.81. The van der Waals surface area contributed by atoms with Gasteiger partial charge in [0.2, 0.25) is 5.91 Å². The minimum Gasteiger partial charge on any atom is -0.493 e. The number of aryl methyl sites for hydroxylation is 1. The number of nitrogens with one attached hydrogen (secondary N) is 1.